The van der Waals surface area contributed by atoms with Crippen LogP contribution in [0.15, 0.2) is 0 Å². The number of ether oxygens (including phenoxy) is 2. The Morgan fingerprint density at radius 3 is 1.07 bits per heavy atom. The fourth-order valence-electron chi connectivity index (χ4n) is 5.89. The Hall–Kier alpha value is -1.10. The molecule has 1 unspecified atom stereocenters. The van der Waals surface area contributed by atoms with E-state index in [1.54, 1.807) is 0 Å². The molecular formula is C40H78O5. The standard InChI is InChI=1S/C40H78O5/c1-5-37(4)31-27-23-20-21-25-29-33-40(43)45-35-38(41)34-44-39(42)32-28-24-19-17-15-13-11-9-7-6-8-10-12-14-16-18-22-26-30-36(2)3/h36-38,41H,5-35H2,1-4H3/t37?,38-/m0/s1. The average molecular weight is 639 g/mol. The molecule has 0 aliphatic carbocycles. The van der Waals surface area contributed by atoms with Gasteiger partial charge < -0.3 is 14.6 Å². The summed E-state index contributed by atoms with van der Waals surface area (Å²) in [5.74, 6) is 1.14. The number of unbranched alkanes of at least 4 members (excludes halogenated alkanes) is 22. The van der Waals surface area contributed by atoms with E-state index in [1.165, 1.54) is 141 Å². The van der Waals surface area contributed by atoms with Crippen LogP contribution in [0.4, 0.5) is 0 Å². The zero-order chi connectivity index (χ0) is 33.2. The van der Waals surface area contributed by atoms with Gasteiger partial charge in [0.2, 0.25) is 0 Å². The van der Waals surface area contributed by atoms with E-state index in [1.807, 2.05) is 0 Å². The molecule has 0 radical (unpaired) electrons. The maximum absolute atomic E-state index is 12.0. The van der Waals surface area contributed by atoms with Crippen molar-refractivity contribution in [2.75, 3.05) is 13.2 Å². The van der Waals surface area contributed by atoms with Gasteiger partial charge in [-0.15, -0.1) is 0 Å². The van der Waals surface area contributed by atoms with Crippen molar-refractivity contribution >= 4 is 11.9 Å². The van der Waals surface area contributed by atoms with Crippen LogP contribution in [0.2, 0.25) is 0 Å². The Balaban J connectivity index is 3.36. The van der Waals surface area contributed by atoms with Gasteiger partial charge in [0.15, 0.2) is 0 Å². The molecule has 0 aliphatic rings. The predicted molar refractivity (Wildman–Crippen MR) is 191 cm³/mol. The minimum Gasteiger partial charge on any atom is -0.463 e. The Kier molecular flexibility index (Phi) is 33.4. The lowest BCUT2D eigenvalue weighted by Crippen LogP contribution is -2.25. The third-order valence-electron chi connectivity index (χ3n) is 9.31. The molecule has 0 aliphatic heterocycles. The van der Waals surface area contributed by atoms with Crippen LogP contribution in [0, 0.1) is 11.8 Å². The van der Waals surface area contributed by atoms with E-state index in [9.17, 15) is 14.7 Å². The van der Waals surface area contributed by atoms with Crippen molar-refractivity contribution < 1.29 is 24.2 Å². The van der Waals surface area contributed by atoms with Crippen LogP contribution in [0.25, 0.3) is 0 Å². The SMILES string of the molecule is CCC(C)CCCCCCCCC(=O)OC[C@@H](O)COC(=O)CCCCCCCCCCCCCCCCCCCCC(C)C. The van der Waals surface area contributed by atoms with Gasteiger partial charge in [0.05, 0.1) is 0 Å². The number of hydrogen-bond donors (Lipinski definition) is 1. The molecule has 0 bridgehead atoms. The number of hydrogen-bond acceptors (Lipinski definition) is 5. The Morgan fingerprint density at radius 2 is 0.756 bits per heavy atom. The first-order chi connectivity index (χ1) is 21.8. The molecule has 45 heavy (non-hydrogen) atoms. The molecule has 0 aromatic carbocycles. The van der Waals surface area contributed by atoms with E-state index in [4.69, 9.17) is 9.47 Å². The molecule has 5 nitrogen and oxygen atoms in total. The molecule has 0 aromatic heterocycles. The zero-order valence-electron chi connectivity index (χ0n) is 30.7. The zero-order valence-corrected chi connectivity index (χ0v) is 30.7. The lowest BCUT2D eigenvalue weighted by molar-refractivity contribution is -0.152. The minimum absolute atomic E-state index is 0.110. The normalized spacial score (nSPS) is 12.8. The second-order valence-electron chi connectivity index (χ2n) is 14.5. The highest BCUT2D eigenvalue weighted by molar-refractivity contribution is 5.69. The number of aliphatic hydroxyl groups is 1. The number of esters is 2. The largest absolute Gasteiger partial charge is 0.463 e. The fourth-order valence-corrected chi connectivity index (χ4v) is 5.89. The van der Waals surface area contributed by atoms with Crippen LogP contribution in [-0.2, 0) is 19.1 Å². The summed E-state index contributed by atoms with van der Waals surface area (Å²) < 4.78 is 10.3. The Morgan fingerprint density at radius 1 is 0.467 bits per heavy atom. The summed E-state index contributed by atoms with van der Waals surface area (Å²) in [6.45, 7) is 9.00. The highest BCUT2D eigenvalue weighted by Crippen LogP contribution is 2.17. The second-order valence-corrected chi connectivity index (χ2v) is 14.5. The maximum Gasteiger partial charge on any atom is 0.305 e. The first-order valence-corrected chi connectivity index (χ1v) is 19.8. The lowest BCUT2D eigenvalue weighted by Gasteiger charge is -2.12. The van der Waals surface area contributed by atoms with Crippen LogP contribution in [0.1, 0.15) is 214 Å². The van der Waals surface area contributed by atoms with Gasteiger partial charge in [0, 0.05) is 12.8 Å². The van der Waals surface area contributed by atoms with Crippen molar-refractivity contribution in [1.82, 2.24) is 0 Å². The maximum atomic E-state index is 12.0. The van der Waals surface area contributed by atoms with Crippen molar-refractivity contribution in [3.8, 4) is 0 Å². The van der Waals surface area contributed by atoms with E-state index < -0.39 is 6.10 Å². The van der Waals surface area contributed by atoms with Gasteiger partial charge in [0.1, 0.15) is 19.3 Å². The van der Waals surface area contributed by atoms with Gasteiger partial charge in [-0.05, 0) is 24.7 Å². The van der Waals surface area contributed by atoms with E-state index in [0.29, 0.717) is 12.8 Å². The summed E-state index contributed by atoms with van der Waals surface area (Å²) in [5, 5.41) is 9.99. The summed E-state index contributed by atoms with van der Waals surface area (Å²) in [6, 6.07) is 0. The van der Waals surface area contributed by atoms with E-state index in [0.717, 1.165) is 43.9 Å². The van der Waals surface area contributed by atoms with Crippen LogP contribution in [-0.4, -0.2) is 36.4 Å². The van der Waals surface area contributed by atoms with Crippen LogP contribution < -0.4 is 0 Å². The van der Waals surface area contributed by atoms with Gasteiger partial charge in [-0.25, -0.2) is 0 Å². The molecule has 0 aromatic rings. The summed E-state index contributed by atoms with van der Waals surface area (Å²) >= 11 is 0. The quantitative estimate of drug-likeness (QED) is 0.0552. The fraction of sp³-hybridized carbons (Fsp3) is 0.950. The van der Waals surface area contributed by atoms with Crippen molar-refractivity contribution in [3.05, 3.63) is 0 Å². The van der Waals surface area contributed by atoms with Crippen LogP contribution in [0.3, 0.4) is 0 Å². The first kappa shape index (κ1) is 43.9. The van der Waals surface area contributed by atoms with Gasteiger partial charge in [-0.3, -0.25) is 9.59 Å². The monoisotopic (exact) mass is 639 g/mol. The third kappa shape index (κ3) is 35.6. The average Bonchev–Trinajstić information content (AvgIpc) is 3.02. The molecule has 2 atom stereocenters. The van der Waals surface area contributed by atoms with Crippen LogP contribution in [0.5, 0.6) is 0 Å². The number of aliphatic hydroxyl groups excluding tert-OH is 1. The molecule has 268 valence electrons. The van der Waals surface area contributed by atoms with Gasteiger partial charge in [-0.2, -0.15) is 0 Å². The number of carbonyl (C=O) groups excluding carboxylic acids is 2. The van der Waals surface area contributed by atoms with E-state index in [2.05, 4.69) is 27.7 Å². The van der Waals surface area contributed by atoms with Crippen molar-refractivity contribution in [1.29, 1.82) is 0 Å². The lowest BCUT2D eigenvalue weighted by atomic mass is 10.00. The number of rotatable bonds is 35. The summed E-state index contributed by atoms with van der Waals surface area (Å²) in [7, 11) is 0. The topological polar surface area (TPSA) is 72.8 Å². The highest BCUT2D eigenvalue weighted by atomic mass is 16.6. The van der Waals surface area contributed by atoms with Crippen molar-refractivity contribution in [2.45, 2.75) is 220 Å². The van der Waals surface area contributed by atoms with Gasteiger partial charge in [0.25, 0.3) is 0 Å². The van der Waals surface area contributed by atoms with E-state index >= 15 is 0 Å². The molecule has 0 saturated carbocycles. The van der Waals surface area contributed by atoms with Gasteiger partial charge in [-0.1, -0.05) is 188 Å². The molecular weight excluding hydrogens is 560 g/mol. The summed E-state index contributed by atoms with van der Waals surface area (Å²) in [5.41, 5.74) is 0. The summed E-state index contributed by atoms with van der Waals surface area (Å²) in [6.07, 6.45) is 34.5. The molecule has 0 fully saturated rings. The Labute approximate surface area is 280 Å². The number of carbonyl (C=O) groups is 2. The summed E-state index contributed by atoms with van der Waals surface area (Å²) in [4.78, 5) is 23.9. The minimum atomic E-state index is -0.956. The molecule has 0 heterocycles. The Bertz CT molecular complexity index is 634. The second kappa shape index (κ2) is 34.2. The molecule has 0 amide bonds. The molecule has 0 saturated heterocycles. The molecule has 5 heteroatoms. The van der Waals surface area contributed by atoms with Crippen LogP contribution >= 0.6 is 0 Å². The van der Waals surface area contributed by atoms with Crippen molar-refractivity contribution in [3.63, 3.8) is 0 Å². The molecule has 1 N–H and O–H groups in total. The molecule has 0 rings (SSSR count). The first-order valence-electron chi connectivity index (χ1n) is 19.8. The highest BCUT2D eigenvalue weighted by Gasteiger charge is 2.12. The molecule has 0 spiro atoms. The van der Waals surface area contributed by atoms with Crippen molar-refractivity contribution in [2.24, 2.45) is 11.8 Å². The van der Waals surface area contributed by atoms with Gasteiger partial charge >= 0.3 is 11.9 Å². The smallest absolute Gasteiger partial charge is 0.305 e. The third-order valence-corrected chi connectivity index (χ3v) is 9.31. The van der Waals surface area contributed by atoms with E-state index in [-0.39, 0.29) is 25.2 Å². The predicted octanol–water partition coefficient (Wildman–Crippen LogP) is 12.1.